The number of fused-ring (bicyclic) bond motifs is 1. The van der Waals surface area contributed by atoms with Gasteiger partial charge in [-0.15, -0.1) is 10.2 Å². The SMILES string of the molecule is Cc1ccc2nc(CSc3nnc(N4CC(C)CC(C)C4)n3Cc3ccco3)cn2c1. The zero-order chi connectivity index (χ0) is 21.4. The number of imidazole rings is 1. The highest BCUT2D eigenvalue weighted by molar-refractivity contribution is 7.98. The standard InChI is InChI=1S/C23H28N6OS/c1-16-6-7-21-24-19(13-27(21)10-16)15-31-23-26-25-22(28-11-17(2)9-18(3)12-28)29(23)14-20-5-4-8-30-20/h4-8,10,13,17-18H,9,11-12,14-15H2,1-3H3. The van der Waals surface area contributed by atoms with E-state index in [-0.39, 0.29) is 0 Å². The summed E-state index contributed by atoms with van der Waals surface area (Å²) in [6.45, 7) is 9.37. The fourth-order valence-electron chi connectivity index (χ4n) is 4.51. The van der Waals surface area contributed by atoms with E-state index in [4.69, 9.17) is 9.40 Å². The summed E-state index contributed by atoms with van der Waals surface area (Å²) < 4.78 is 9.91. The molecule has 2 unspecified atom stereocenters. The summed E-state index contributed by atoms with van der Waals surface area (Å²) in [5.74, 6) is 3.88. The molecule has 2 atom stereocenters. The quantitative estimate of drug-likeness (QED) is 0.410. The van der Waals surface area contributed by atoms with Crippen LogP contribution in [0.3, 0.4) is 0 Å². The molecular weight excluding hydrogens is 408 g/mol. The molecule has 7 nitrogen and oxygen atoms in total. The predicted octanol–water partition coefficient (Wildman–Crippen LogP) is 4.65. The average molecular weight is 437 g/mol. The Balaban J connectivity index is 1.41. The van der Waals surface area contributed by atoms with Crippen molar-refractivity contribution in [2.75, 3.05) is 18.0 Å². The fourth-order valence-corrected chi connectivity index (χ4v) is 5.32. The third-order valence-electron chi connectivity index (χ3n) is 5.74. The number of hydrogen-bond donors (Lipinski definition) is 0. The number of thioether (sulfide) groups is 1. The van der Waals surface area contributed by atoms with E-state index in [1.54, 1.807) is 18.0 Å². The molecule has 8 heteroatoms. The normalized spacial score (nSPS) is 19.4. The lowest BCUT2D eigenvalue weighted by Crippen LogP contribution is -2.40. The summed E-state index contributed by atoms with van der Waals surface area (Å²) in [6, 6.07) is 8.08. The van der Waals surface area contributed by atoms with E-state index in [9.17, 15) is 0 Å². The van der Waals surface area contributed by atoms with E-state index >= 15 is 0 Å². The van der Waals surface area contributed by atoms with Crippen molar-refractivity contribution in [1.82, 2.24) is 24.1 Å². The van der Waals surface area contributed by atoms with Crippen LogP contribution < -0.4 is 4.90 Å². The van der Waals surface area contributed by atoms with Gasteiger partial charge in [-0.25, -0.2) is 4.98 Å². The van der Waals surface area contributed by atoms with Gasteiger partial charge in [0.25, 0.3) is 0 Å². The molecule has 4 aromatic heterocycles. The van der Waals surface area contributed by atoms with Gasteiger partial charge in [0.1, 0.15) is 11.4 Å². The number of aromatic nitrogens is 5. The maximum absolute atomic E-state index is 5.64. The van der Waals surface area contributed by atoms with Gasteiger partial charge >= 0.3 is 0 Å². The first kappa shape index (κ1) is 20.2. The second-order valence-corrected chi connectivity index (χ2v) is 9.73. The second-order valence-electron chi connectivity index (χ2n) is 8.79. The molecule has 0 bridgehead atoms. The Morgan fingerprint density at radius 1 is 1.10 bits per heavy atom. The number of pyridine rings is 1. The zero-order valence-electron chi connectivity index (χ0n) is 18.2. The van der Waals surface area contributed by atoms with Crippen LogP contribution in [0.4, 0.5) is 5.95 Å². The molecule has 5 rings (SSSR count). The summed E-state index contributed by atoms with van der Waals surface area (Å²) in [7, 11) is 0. The van der Waals surface area contributed by atoms with Crippen LogP contribution >= 0.6 is 11.8 Å². The number of aryl methyl sites for hydroxylation is 1. The highest BCUT2D eigenvalue weighted by atomic mass is 32.2. The van der Waals surface area contributed by atoms with E-state index in [1.165, 1.54) is 12.0 Å². The summed E-state index contributed by atoms with van der Waals surface area (Å²) >= 11 is 1.67. The average Bonchev–Trinajstić information content (AvgIpc) is 3.45. The lowest BCUT2D eigenvalue weighted by molar-refractivity contribution is 0.350. The van der Waals surface area contributed by atoms with E-state index in [0.717, 1.165) is 47.0 Å². The van der Waals surface area contributed by atoms with Crippen LogP contribution in [0, 0.1) is 18.8 Å². The molecule has 0 aromatic carbocycles. The molecule has 0 amide bonds. The smallest absolute Gasteiger partial charge is 0.228 e. The Labute approximate surface area is 186 Å². The van der Waals surface area contributed by atoms with Crippen molar-refractivity contribution in [3.63, 3.8) is 0 Å². The minimum atomic E-state index is 0.626. The fraction of sp³-hybridized carbons (Fsp3) is 0.435. The monoisotopic (exact) mass is 436 g/mol. The minimum Gasteiger partial charge on any atom is -0.467 e. The molecule has 0 saturated carbocycles. The van der Waals surface area contributed by atoms with Gasteiger partial charge in [0, 0.05) is 31.2 Å². The van der Waals surface area contributed by atoms with Gasteiger partial charge < -0.3 is 13.7 Å². The van der Waals surface area contributed by atoms with Crippen LogP contribution in [-0.2, 0) is 12.3 Å². The third-order valence-corrected chi connectivity index (χ3v) is 6.74. The van der Waals surface area contributed by atoms with Gasteiger partial charge in [0.2, 0.25) is 5.95 Å². The summed E-state index contributed by atoms with van der Waals surface area (Å²) in [5, 5.41) is 10.1. The molecule has 1 saturated heterocycles. The molecule has 1 aliphatic heterocycles. The molecule has 162 valence electrons. The Kier molecular flexibility index (Phi) is 5.48. The first-order valence-corrected chi connectivity index (χ1v) is 11.8. The molecule has 31 heavy (non-hydrogen) atoms. The van der Waals surface area contributed by atoms with Crippen LogP contribution in [0.5, 0.6) is 0 Å². The third kappa shape index (κ3) is 4.35. The van der Waals surface area contributed by atoms with Crippen molar-refractivity contribution in [3.8, 4) is 0 Å². The Bertz CT molecular complexity index is 1150. The molecule has 4 aromatic rings. The highest BCUT2D eigenvalue weighted by Gasteiger charge is 2.27. The molecule has 0 radical (unpaired) electrons. The van der Waals surface area contributed by atoms with Gasteiger partial charge in [-0.1, -0.05) is 31.7 Å². The Morgan fingerprint density at radius 2 is 1.94 bits per heavy atom. The van der Waals surface area contributed by atoms with Gasteiger partial charge in [0.15, 0.2) is 5.16 Å². The molecular formula is C23H28N6OS. The molecule has 0 aliphatic carbocycles. The predicted molar refractivity (Wildman–Crippen MR) is 122 cm³/mol. The van der Waals surface area contributed by atoms with Crippen molar-refractivity contribution >= 4 is 23.4 Å². The van der Waals surface area contributed by atoms with Crippen LogP contribution in [0.25, 0.3) is 5.65 Å². The number of nitrogens with zero attached hydrogens (tertiary/aromatic N) is 6. The lowest BCUT2D eigenvalue weighted by Gasteiger charge is -2.35. The second kappa shape index (κ2) is 8.42. The maximum atomic E-state index is 5.64. The number of anilines is 1. The van der Waals surface area contributed by atoms with Gasteiger partial charge in [-0.05, 0) is 48.9 Å². The molecule has 5 heterocycles. The van der Waals surface area contributed by atoms with Gasteiger partial charge in [0.05, 0.1) is 18.5 Å². The first-order valence-electron chi connectivity index (χ1n) is 10.8. The van der Waals surface area contributed by atoms with Crippen LogP contribution in [0.2, 0.25) is 0 Å². The summed E-state index contributed by atoms with van der Waals surface area (Å²) in [4.78, 5) is 7.13. The molecule has 0 spiro atoms. The van der Waals surface area contributed by atoms with Crippen LogP contribution in [0.15, 0.2) is 52.5 Å². The van der Waals surface area contributed by atoms with Crippen LogP contribution in [-0.4, -0.2) is 37.2 Å². The molecule has 1 aliphatic rings. The highest BCUT2D eigenvalue weighted by Crippen LogP contribution is 2.30. The van der Waals surface area contributed by atoms with Gasteiger partial charge in [-0.2, -0.15) is 0 Å². The lowest BCUT2D eigenvalue weighted by atomic mass is 9.92. The maximum Gasteiger partial charge on any atom is 0.228 e. The number of piperidine rings is 1. The van der Waals surface area contributed by atoms with Crippen molar-refractivity contribution in [2.45, 2.75) is 44.6 Å². The van der Waals surface area contributed by atoms with E-state index in [0.29, 0.717) is 18.4 Å². The van der Waals surface area contributed by atoms with E-state index < -0.39 is 0 Å². The van der Waals surface area contributed by atoms with Crippen LogP contribution in [0.1, 0.15) is 37.3 Å². The number of hydrogen-bond acceptors (Lipinski definition) is 6. The largest absolute Gasteiger partial charge is 0.467 e. The van der Waals surface area contributed by atoms with E-state index in [2.05, 4.69) is 69.4 Å². The molecule has 1 fully saturated rings. The summed E-state index contributed by atoms with van der Waals surface area (Å²) in [5.41, 5.74) is 3.22. The Hall–Kier alpha value is -2.74. The van der Waals surface area contributed by atoms with Crippen molar-refractivity contribution < 1.29 is 4.42 Å². The minimum absolute atomic E-state index is 0.626. The zero-order valence-corrected chi connectivity index (χ0v) is 19.0. The Morgan fingerprint density at radius 3 is 2.71 bits per heavy atom. The van der Waals surface area contributed by atoms with Crippen molar-refractivity contribution in [2.24, 2.45) is 11.8 Å². The molecule has 0 N–H and O–H groups in total. The topological polar surface area (TPSA) is 64.4 Å². The van der Waals surface area contributed by atoms with Crippen molar-refractivity contribution in [3.05, 3.63) is 59.9 Å². The number of rotatable bonds is 6. The first-order chi connectivity index (χ1) is 15.0. The van der Waals surface area contributed by atoms with E-state index in [1.807, 2.05) is 12.1 Å². The number of furan rings is 1. The summed E-state index contributed by atoms with van der Waals surface area (Å²) in [6.07, 6.45) is 7.18. The van der Waals surface area contributed by atoms with Crippen molar-refractivity contribution in [1.29, 1.82) is 0 Å². The van der Waals surface area contributed by atoms with Gasteiger partial charge in [-0.3, -0.25) is 4.57 Å².